The fraction of sp³-hybridized carbons (Fsp3) is 0.208. The van der Waals surface area contributed by atoms with E-state index in [0.717, 1.165) is 40.5 Å². The minimum atomic E-state index is -0.192. The van der Waals surface area contributed by atoms with Crippen molar-refractivity contribution in [1.82, 2.24) is 15.0 Å². The van der Waals surface area contributed by atoms with Gasteiger partial charge in [-0.2, -0.15) is 4.98 Å². The van der Waals surface area contributed by atoms with Gasteiger partial charge in [-0.25, -0.2) is 0 Å². The molecule has 168 valence electrons. The summed E-state index contributed by atoms with van der Waals surface area (Å²) in [6, 6.07) is 19.3. The van der Waals surface area contributed by atoms with E-state index >= 15 is 0 Å². The van der Waals surface area contributed by atoms with Crippen LogP contribution < -0.4 is 10.5 Å². The molecule has 0 spiro atoms. The lowest BCUT2D eigenvalue weighted by atomic mass is 10.1. The van der Waals surface area contributed by atoms with Crippen LogP contribution in [0.4, 0.5) is 0 Å². The zero-order valence-electron chi connectivity index (χ0n) is 17.7. The number of nitrogens with two attached hydrogens (primary N) is 1. The van der Waals surface area contributed by atoms with Crippen molar-refractivity contribution in [2.24, 2.45) is 10.9 Å². The van der Waals surface area contributed by atoms with Crippen LogP contribution in [-0.2, 0) is 6.61 Å². The molecule has 0 saturated carbocycles. The Labute approximate surface area is 195 Å². The molecular weight excluding hydrogens is 442 g/mol. The molecule has 2 heterocycles. The van der Waals surface area contributed by atoms with Crippen LogP contribution in [0.15, 0.2) is 70.3 Å². The van der Waals surface area contributed by atoms with Gasteiger partial charge in [0.05, 0.1) is 0 Å². The van der Waals surface area contributed by atoms with Gasteiger partial charge in [-0.15, -0.1) is 0 Å². The average Bonchev–Trinajstić information content (AvgIpc) is 3.52. The van der Waals surface area contributed by atoms with Crippen LogP contribution in [0.2, 0.25) is 5.02 Å². The summed E-state index contributed by atoms with van der Waals surface area (Å²) in [5.41, 5.74) is 7.68. The highest BCUT2D eigenvalue weighted by Crippen LogP contribution is 2.32. The maximum Gasteiger partial charge on any atom is 0.249 e. The molecule has 3 N–H and O–H groups in total. The number of oxime groups is 1. The van der Waals surface area contributed by atoms with Crippen LogP contribution in [-0.4, -0.2) is 32.8 Å². The van der Waals surface area contributed by atoms with Crippen molar-refractivity contribution in [2.45, 2.75) is 25.5 Å². The molecule has 1 fully saturated rings. The van der Waals surface area contributed by atoms with Gasteiger partial charge in [0.2, 0.25) is 17.7 Å². The number of hydrogen-bond acceptors (Lipinski definition) is 6. The Morgan fingerprint density at radius 2 is 1.94 bits per heavy atom. The molecule has 0 radical (unpaired) electrons. The topological polar surface area (TPSA) is 110 Å². The number of likely N-dealkylation sites (tertiary alicyclic amines) is 1. The summed E-state index contributed by atoms with van der Waals surface area (Å²) in [5.74, 6) is 1.80. The normalized spacial score (nSPS) is 16.5. The number of fused-ring (bicyclic) bond motifs is 1. The van der Waals surface area contributed by atoms with Crippen LogP contribution in [0.5, 0.6) is 5.75 Å². The zero-order chi connectivity index (χ0) is 22.8. The second-order valence-corrected chi connectivity index (χ2v) is 8.34. The third-order valence-electron chi connectivity index (χ3n) is 5.76. The first-order chi connectivity index (χ1) is 16.1. The van der Waals surface area contributed by atoms with E-state index in [2.05, 4.69) is 15.3 Å². The molecule has 4 aromatic rings. The number of halogens is 1. The number of ether oxygens (including phenoxy) is 1. The molecule has 5 rings (SSSR count). The molecule has 0 unspecified atom stereocenters. The van der Waals surface area contributed by atoms with Crippen molar-refractivity contribution >= 4 is 28.3 Å². The molecule has 1 saturated heterocycles. The molecule has 1 aliphatic heterocycles. The van der Waals surface area contributed by atoms with Crippen molar-refractivity contribution in [1.29, 1.82) is 0 Å². The van der Waals surface area contributed by atoms with Crippen molar-refractivity contribution in [3.63, 3.8) is 0 Å². The minimum Gasteiger partial charge on any atom is -0.489 e. The van der Waals surface area contributed by atoms with Crippen LogP contribution >= 0.6 is 11.6 Å². The van der Waals surface area contributed by atoms with Crippen LogP contribution in [0.1, 0.15) is 30.3 Å². The summed E-state index contributed by atoms with van der Waals surface area (Å²) in [4.78, 5) is 6.34. The molecule has 1 aromatic heterocycles. The molecule has 33 heavy (non-hydrogen) atoms. The standard InChI is InChI=1S/C24H22ClN5O3/c25-19-8-3-15(4-9-19)14-32-20-10-7-16-12-18(6-5-17(16)13-20)22-27-23(33-29-22)21-2-1-11-30(21)24(26)28-31/h3-10,12-13,21,31H,1-2,11,14H2,(H2,26,28)/t21-/m0/s1. The molecular formula is C24H22ClN5O3. The summed E-state index contributed by atoms with van der Waals surface area (Å²) >= 11 is 5.93. The van der Waals surface area contributed by atoms with Gasteiger partial charge in [-0.3, -0.25) is 0 Å². The van der Waals surface area contributed by atoms with Crippen molar-refractivity contribution in [2.75, 3.05) is 6.54 Å². The summed E-state index contributed by atoms with van der Waals surface area (Å²) in [6.07, 6.45) is 1.70. The largest absolute Gasteiger partial charge is 0.489 e. The van der Waals surface area contributed by atoms with Gasteiger partial charge in [0.15, 0.2) is 0 Å². The highest BCUT2D eigenvalue weighted by molar-refractivity contribution is 6.30. The van der Waals surface area contributed by atoms with Gasteiger partial charge >= 0.3 is 0 Å². The molecule has 1 atom stereocenters. The van der Waals surface area contributed by atoms with E-state index in [4.69, 9.17) is 31.8 Å². The van der Waals surface area contributed by atoms with Crippen LogP contribution in [0, 0.1) is 0 Å². The van der Waals surface area contributed by atoms with E-state index < -0.39 is 0 Å². The number of nitrogens with zero attached hydrogens (tertiary/aromatic N) is 4. The fourth-order valence-corrected chi connectivity index (χ4v) is 4.17. The number of aromatic nitrogens is 2. The van der Waals surface area contributed by atoms with Crippen molar-refractivity contribution < 1.29 is 14.5 Å². The molecule has 0 amide bonds. The van der Waals surface area contributed by atoms with Crippen molar-refractivity contribution in [3.05, 3.63) is 77.1 Å². The smallest absolute Gasteiger partial charge is 0.249 e. The Bertz CT molecular complexity index is 1310. The Morgan fingerprint density at radius 3 is 2.76 bits per heavy atom. The lowest BCUT2D eigenvalue weighted by Crippen LogP contribution is -2.36. The summed E-state index contributed by atoms with van der Waals surface area (Å²) < 4.78 is 11.4. The predicted octanol–water partition coefficient (Wildman–Crippen LogP) is 4.96. The lowest BCUT2D eigenvalue weighted by molar-refractivity contribution is 0.263. The zero-order valence-corrected chi connectivity index (χ0v) is 18.4. The van der Waals surface area contributed by atoms with E-state index in [0.29, 0.717) is 29.9 Å². The Morgan fingerprint density at radius 1 is 1.15 bits per heavy atom. The predicted molar refractivity (Wildman–Crippen MR) is 125 cm³/mol. The highest BCUT2D eigenvalue weighted by atomic mass is 35.5. The first kappa shape index (κ1) is 21.1. The van der Waals surface area contributed by atoms with E-state index in [-0.39, 0.29) is 12.0 Å². The third kappa shape index (κ3) is 4.42. The summed E-state index contributed by atoms with van der Waals surface area (Å²) in [6.45, 7) is 1.15. The van der Waals surface area contributed by atoms with Gasteiger partial charge in [0.25, 0.3) is 0 Å². The quantitative estimate of drug-likeness (QED) is 0.186. The van der Waals surface area contributed by atoms with E-state index in [1.165, 1.54) is 0 Å². The van der Waals surface area contributed by atoms with Gasteiger partial charge < -0.3 is 25.1 Å². The first-order valence-electron chi connectivity index (χ1n) is 10.6. The Balaban J connectivity index is 1.33. The molecule has 0 aliphatic carbocycles. The van der Waals surface area contributed by atoms with Gasteiger partial charge in [0.1, 0.15) is 18.4 Å². The van der Waals surface area contributed by atoms with Crippen molar-refractivity contribution in [3.8, 4) is 17.1 Å². The van der Waals surface area contributed by atoms with Gasteiger partial charge in [-0.05, 0) is 59.5 Å². The second kappa shape index (κ2) is 8.99. The number of rotatable bonds is 5. The molecule has 1 aliphatic rings. The molecule has 0 bridgehead atoms. The molecule has 9 heteroatoms. The Hall–Kier alpha value is -3.78. The molecule has 8 nitrogen and oxygen atoms in total. The third-order valence-corrected chi connectivity index (χ3v) is 6.02. The first-order valence-corrected chi connectivity index (χ1v) is 11.0. The van der Waals surface area contributed by atoms with E-state index in [1.807, 2.05) is 60.7 Å². The van der Waals surface area contributed by atoms with Crippen LogP contribution in [0.25, 0.3) is 22.2 Å². The minimum absolute atomic E-state index is 0.0528. The number of hydrogen-bond donors (Lipinski definition) is 2. The molecule has 3 aromatic carbocycles. The van der Waals surface area contributed by atoms with Gasteiger partial charge in [0, 0.05) is 17.1 Å². The highest BCUT2D eigenvalue weighted by Gasteiger charge is 2.32. The van der Waals surface area contributed by atoms with Crippen LogP contribution in [0.3, 0.4) is 0 Å². The fourth-order valence-electron chi connectivity index (χ4n) is 4.04. The van der Waals surface area contributed by atoms with E-state index in [9.17, 15) is 0 Å². The summed E-state index contributed by atoms with van der Waals surface area (Å²) in [7, 11) is 0. The number of benzene rings is 3. The maximum absolute atomic E-state index is 9.01. The van der Waals surface area contributed by atoms with Gasteiger partial charge in [-0.1, -0.05) is 52.2 Å². The second-order valence-electron chi connectivity index (χ2n) is 7.90. The SMILES string of the molecule is N/C(=N\O)N1CCC[C@H]1c1nc(-c2ccc3cc(OCc4ccc(Cl)cc4)ccc3c2)no1. The maximum atomic E-state index is 9.01. The lowest BCUT2D eigenvalue weighted by Gasteiger charge is -2.21. The monoisotopic (exact) mass is 463 g/mol. The van der Waals surface area contributed by atoms with E-state index in [1.54, 1.807) is 4.90 Å². The number of guanidine groups is 1. The average molecular weight is 464 g/mol. The Kier molecular flexibility index (Phi) is 5.75. The summed E-state index contributed by atoms with van der Waals surface area (Å²) in [5, 5.41) is 19.1.